The Morgan fingerprint density at radius 2 is 2.03 bits per heavy atom. The molecule has 3 aliphatic rings. The molecule has 0 radical (unpaired) electrons. The number of aromatic nitrogens is 2. The number of nitrogens with zero attached hydrogens (tertiary/aromatic N) is 4. The molecule has 36 heavy (non-hydrogen) atoms. The SMILES string of the molecule is Cc1c(C(=O)N2C[C@H](O)[C@H]2C)cn2nccc(Oc3ccc4c(c3F)CCCN4C(=O)NC3CC3)c12. The first-order valence-electron chi connectivity index (χ1n) is 12.4. The van der Waals surface area contributed by atoms with Gasteiger partial charge in [0.25, 0.3) is 5.91 Å². The third kappa shape index (κ3) is 3.67. The number of aryl methyl sites for hydroxylation is 1. The molecule has 1 aromatic carbocycles. The number of aliphatic hydroxyl groups excluding tert-OH is 1. The number of β-amino-alcohol motifs (C(OH)–C–C–N with tert-alkyl or cyclic N) is 1. The lowest BCUT2D eigenvalue weighted by molar-refractivity contribution is -0.0357. The molecule has 0 spiro atoms. The van der Waals surface area contributed by atoms with Gasteiger partial charge < -0.3 is 20.1 Å². The van der Waals surface area contributed by atoms with Crippen molar-refractivity contribution in [2.24, 2.45) is 0 Å². The Bertz CT molecular complexity index is 1380. The first kappa shape index (κ1) is 22.8. The standard InChI is InChI=1S/C26H28FN5O4/c1-14-18(25(34)31-13-20(33)15(31)2)12-32-24(14)22(9-10-28-32)36-21-8-7-19-17(23(21)27)4-3-11-30(19)26(35)29-16-5-6-16/h7-10,12,15-16,20,33H,3-6,11,13H2,1-2H3,(H,29,35)/t15-,20+/m1/s1. The van der Waals surface area contributed by atoms with Crippen LogP contribution in [0.3, 0.4) is 0 Å². The van der Waals surface area contributed by atoms with Gasteiger partial charge in [0.2, 0.25) is 0 Å². The van der Waals surface area contributed by atoms with Crippen molar-refractivity contribution in [3.8, 4) is 11.5 Å². The molecular formula is C26H28FN5O4. The lowest BCUT2D eigenvalue weighted by Crippen LogP contribution is -2.60. The van der Waals surface area contributed by atoms with E-state index in [1.165, 1.54) is 6.20 Å². The van der Waals surface area contributed by atoms with Gasteiger partial charge in [-0.25, -0.2) is 13.7 Å². The maximum atomic E-state index is 15.6. The van der Waals surface area contributed by atoms with Crippen molar-refractivity contribution >= 4 is 23.1 Å². The van der Waals surface area contributed by atoms with Crippen LogP contribution >= 0.6 is 0 Å². The van der Waals surface area contributed by atoms with Crippen LogP contribution in [0.1, 0.15) is 47.7 Å². The molecule has 2 aliphatic heterocycles. The number of anilines is 1. The number of halogens is 1. The van der Waals surface area contributed by atoms with Crippen LogP contribution in [0.15, 0.2) is 30.6 Å². The molecule has 1 aliphatic carbocycles. The number of carbonyl (C=O) groups is 2. The Morgan fingerprint density at radius 3 is 2.75 bits per heavy atom. The predicted molar refractivity (Wildman–Crippen MR) is 130 cm³/mol. The van der Waals surface area contributed by atoms with E-state index in [2.05, 4.69) is 10.4 Å². The Balaban J connectivity index is 1.31. The molecule has 0 unspecified atom stereocenters. The molecule has 9 nitrogen and oxygen atoms in total. The van der Waals surface area contributed by atoms with Crippen LogP contribution in [-0.2, 0) is 6.42 Å². The van der Waals surface area contributed by atoms with Crippen molar-refractivity contribution in [2.45, 2.75) is 57.7 Å². The second-order valence-corrected chi connectivity index (χ2v) is 9.88. The van der Waals surface area contributed by atoms with Crippen LogP contribution in [0.4, 0.5) is 14.9 Å². The number of nitrogens with one attached hydrogen (secondary N) is 1. The highest BCUT2D eigenvalue weighted by atomic mass is 19.1. The first-order valence-corrected chi connectivity index (χ1v) is 12.4. The van der Waals surface area contributed by atoms with Gasteiger partial charge >= 0.3 is 6.03 Å². The third-order valence-electron chi connectivity index (χ3n) is 7.47. The number of likely N-dealkylation sites (tertiary alicyclic amines) is 1. The number of benzene rings is 1. The average molecular weight is 494 g/mol. The summed E-state index contributed by atoms with van der Waals surface area (Å²) < 4.78 is 23.2. The van der Waals surface area contributed by atoms with Gasteiger partial charge in [-0.3, -0.25) is 9.69 Å². The number of urea groups is 1. The molecule has 10 heteroatoms. The molecule has 2 fully saturated rings. The fourth-order valence-electron chi connectivity index (χ4n) is 5.04. The van der Waals surface area contributed by atoms with Crippen molar-refractivity contribution in [1.29, 1.82) is 0 Å². The quantitative estimate of drug-likeness (QED) is 0.581. The molecule has 2 atom stereocenters. The summed E-state index contributed by atoms with van der Waals surface area (Å²) in [4.78, 5) is 28.9. The van der Waals surface area contributed by atoms with Crippen molar-refractivity contribution in [3.05, 3.63) is 53.1 Å². The van der Waals surface area contributed by atoms with E-state index in [4.69, 9.17) is 4.74 Å². The summed E-state index contributed by atoms with van der Waals surface area (Å²) in [7, 11) is 0. The molecule has 2 aromatic heterocycles. The molecule has 3 amide bonds. The summed E-state index contributed by atoms with van der Waals surface area (Å²) in [6, 6.07) is 4.70. The maximum absolute atomic E-state index is 15.6. The van der Waals surface area contributed by atoms with E-state index >= 15 is 4.39 Å². The minimum atomic E-state index is -0.522. The van der Waals surface area contributed by atoms with Gasteiger partial charge in [-0.1, -0.05) is 0 Å². The van der Waals surface area contributed by atoms with Crippen molar-refractivity contribution < 1.29 is 23.8 Å². The summed E-state index contributed by atoms with van der Waals surface area (Å²) in [5, 5.41) is 17.1. The largest absolute Gasteiger partial charge is 0.452 e. The zero-order valence-electron chi connectivity index (χ0n) is 20.2. The van der Waals surface area contributed by atoms with Crippen LogP contribution < -0.4 is 15.0 Å². The van der Waals surface area contributed by atoms with Crippen LogP contribution in [0.25, 0.3) is 5.52 Å². The highest BCUT2D eigenvalue weighted by Gasteiger charge is 2.39. The monoisotopic (exact) mass is 493 g/mol. The number of hydrogen-bond acceptors (Lipinski definition) is 5. The summed E-state index contributed by atoms with van der Waals surface area (Å²) in [5.41, 5.74) is 2.72. The maximum Gasteiger partial charge on any atom is 0.322 e. The first-order chi connectivity index (χ1) is 17.3. The molecular weight excluding hydrogens is 465 g/mol. The summed E-state index contributed by atoms with van der Waals surface area (Å²) >= 11 is 0. The van der Waals surface area contributed by atoms with E-state index in [-0.39, 0.29) is 29.8 Å². The number of ether oxygens (including phenoxy) is 1. The molecule has 6 rings (SSSR count). The average Bonchev–Trinajstić information content (AvgIpc) is 3.63. The molecule has 4 heterocycles. The number of amides is 3. The van der Waals surface area contributed by atoms with E-state index in [1.54, 1.807) is 52.6 Å². The Kier molecular flexibility index (Phi) is 5.36. The lowest BCUT2D eigenvalue weighted by Gasteiger charge is -2.43. The summed E-state index contributed by atoms with van der Waals surface area (Å²) in [6.45, 7) is 4.44. The van der Waals surface area contributed by atoms with Crippen molar-refractivity contribution in [3.63, 3.8) is 0 Å². The fourth-order valence-corrected chi connectivity index (χ4v) is 5.04. The Morgan fingerprint density at radius 1 is 1.22 bits per heavy atom. The minimum absolute atomic E-state index is 0.0549. The van der Waals surface area contributed by atoms with Gasteiger partial charge in [-0.2, -0.15) is 5.10 Å². The molecule has 2 N–H and O–H groups in total. The number of rotatable bonds is 4. The topological polar surface area (TPSA) is 99.4 Å². The molecule has 0 bridgehead atoms. The highest BCUT2D eigenvalue weighted by molar-refractivity contribution is 5.99. The van der Waals surface area contributed by atoms with E-state index < -0.39 is 11.9 Å². The fraction of sp³-hybridized carbons (Fsp3) is 0.423. The van der Waals surface area contributed by atoms with Gasteiger partial charge in [-0.05, 0) is 57.2 Å². The van der Waals surface area contributed by atoms with E-state index in [0.717, 1.165) is 12.8 Å². The number of aliphatic hydroxyl groups is 1. The van der Waals surface area contributed by atoms with Crippen molar-refractivity contribution in [1.82, 2.24) is 19.8 Å². The van der Waals surface area contributed by atoms with Gasteiger partial charge in [0.05, 0.1) is 29.6 Å². The normalized spacial score (nSPS) is 21.2. The Labute approximate surface area is 207 Å². The van der Waals surface area contributed by atoms with Crippen LogP contribution in [0.5, 0.6) is 11.5 Å². The van der Waals surface area contributed by atoms with Gasteiger partial charge in [0, 0.05) is 37.0 Å². The summed E-state index contributed by atoms with van der Waals surface area (Å²) in [5.74, 6) is -0.253. The van der Waals surface area contributed by atoms with Crippen molar-refractivity contribution in [2.75, 3.05) is 18.0 Å². The Hall–Kier alpha value is -3.66. The molecule has 1 saturated heterocycles. The number of fused-ring (bicyclic) bond motifs is 2. The predicted octanol–water partition coefficient (Wildman–Crippen LogP) is 3.40. The highest BCUT2D eigenvalue weighted by Crippen LogP contribution is 2.38. The van der Waals surface area contributed by atoms with Crippen LogP contribution in [0, 0.1) is 12.7 Å². The van der Waals surface area contributed by atoms with Gasteiger partial charge in [0.1, 0.15) is 5.52 Å². The lowest BCUT2D eigenvalue weighted by atomic mass is 9.99. The smallest absolute Gasteiger partial charge is 0.322 e. The van der Waals surface area contributed by atoms with Crippen LogP contribution in [-0.4, -0.2) is 62.8 Å². The molecule has 188 valence electrons. The molecule has 3 aromatic rings. The summed E-state index contributed by atoms with van der Waals surface area (Å²) in [6.07, 6.45) is 5.80. The molecule has 1 saturated carbocycles. The van der Waals surface area contributed by atoms with Crippen LogP contribution in [0.2, 0.25) is 0 Å². The van der Waals surface area contributed by atoms with Gasteiger partial charge in [-0.15, -0.1) is 0 Å². The second kappa shape index (κ2) is 8.48. The van der Waals surface area contributed by atoms with E-state index in [9.17, 15) is 14.7 Å². The van der Waals surface area contributed by atoms with E-state index in [0.29, 0.717) is 59.6 Å². The zero-order chi connectivity index (χ0) is 25.1. The third-order valence-corrected chi connectivity index (χ3v) is 7.47. The number of hydrogen-bond donors (Lipinski definition) is 2. The van der Waals surface area contributed by atoms with E-state index in [1.807, 2.05) is 0 Å². The zero-order valence-corrected chi connectivity index (χ0v) is 20.2. The minimum Gasteiger partial charge on any atom is -0.452 e. The number of carbonyl (C=O) groups excluding carboxylic acids is 2. The van der Waals surface area contributed by atoms with Gasteiger partial charge in [0.15, 0.2) is 17.3 Å². The second-order valence-electron chi connectivity index (χ2n) is 9.88.